The molecule has 21 heavy (non-hydrogen) atoms. The summed E-state index contributed by atoms with van der Waals surface area (Å²) in [5.41, 5.74) is 5.91. The number of thioether (sulfide) groups is 1. The van der Waals surface area contributed by atoms with Gasteiger partial charge in [-0.05, 0) is 19.8 Å². The van der Waals surface area contributed by atoms with Crippen LogP contribution in [0.2, 0.25) is 0 Å². The molecule has 2 rings (SSSR count). The fourth-order valence-electron chi connectivity index (χ4n) is 3.30. The zero-order chi connectivity index (χ0) is 13.7. The van der Waals surface area contributed by atoms with Crippen molar-refractivity contribution < 1.29 is 4.79 Å². The third-order valence-corrected chi connectivity index (χ3v) is 5.28. The van der Waals surface area contributed by atoms with Gasteiger partial charge in [0.25, 0.3) is 0 Å². The van der Waals surface area contributed by atoms with E-state index in [1.165, 1.54) is 50.3 Å². The van der Waals surface area contributed by atoms with Crippen molar-refractivity contribution in [2.45, 2.75) is 50.6 Å². The number of carbonyl (C=O) groups excluding carboxylic acids is 1. The Morgan fingerprint density at radius 3 is 2.38 bits per heavy atom. The molecule has 2 aliphatic rings. The maximum absolute atomic E-state index is 11.8. The molecule has 126 valence electrons. The summed E-state index contributed by atoms with van der Waals surface area (Å²) in [5.74, 6) is 2.57. The highest BCUT2D eigenvalue weighted by molar-refractivity contribution is 7.99. The Bertz CT molecular complexity index is 307. The summed E-state index contributed by atoms with van der Waals surface area (Å²) in [5, 5.41) is 3.13. The second-order valence-corrected chi connectivity index (χ2v) is 7.21. The van der Waals surface area contributed by atoms with Gasteiger partial charge in [0.1, 0.15) is 0 Å². The van der Waals surface area contributed by atoms with Gasteiger partial charge in [-0.15, -0.1) is 24.8 Å². The number of nitrogens with one attached hydrogen (secondary N) is 1. The van der Waals surface area contributed by atoms with Crippen LogP contribution in [-0.2, 0) is 4.79 Å². The minimum atomic E-state index is -0.0501. The predicted molar refractivity (Wildman–Crippen MR) is 95.9 cm³/mol. The van der Waals surface area contributed by atoms with Crippen LogP contribution in [0.5, 0.6) is 0 Å². The standard InChI is InChI=1S/C14H27N3OS.2ClH/c1-12(15)10-13(18)16-11-14(4-2-3-5-14)17-6-8-19-9-7-17;;/h12H,2-11,15H2,1H3,(H,16,18);2*1H. The van der Waals surface area contributed by atoms with E-state index in [1.54, 1.807) is 0 Å². The maximum Gasteiger partial charge on any atom is 0.221 e. The molecule has 1 saturated heterocycles. The Hall–Kier alpha value is 0.320. The Labute approximate surface area is 145 Å². The Balaban J connectivity index is 0.00000200. The quantitative estimate of drug-likeness (QED) is 0.790. The molecule has 0 aromatic heterocycles. The summed E-state index contributed by atoms with van der Waals surface area (Å²) in [6.45, 7) is 5.04. The number of amides is 1. The molecule has 1 unspecified atom stereocenters. The lowest BCUT2D eigenvalue weighted by Crippen LogP contribution is -2.56. The smallest absolute Gasteiger partial charge is 0.221 e. The van der Waals surface area contributed by atoms with E-state index < -0.39 is 0 Å². The summed E-state index contributed by atoms with van der Waals surface area (Å²) >= 11 is 2.04. The fraction of sp³-hybridized carbons (Fsp3) is 0.929. The molecule has 1 amide bonds. The van der Waals surface area contributed by atoms with Crippen molar-refractivity contribution in [3.63, 3.8) is 0 Å². The molecule has 3 N–H and O–H groups in total. The van der Waals surface area contributed by atoms with E-state index >= 15 is 0 Å². The van der Waals surface area contributed by atoms with Gasteiger partial charge in [-0.2, -0.15) is 11.8 Å². The van der Waals surface area contributed by atoms with Crippen LogP contribution in [0.1, 0.15) is 39.0 Å². The lowest BCUT2D eigenvalue weighted by molar-refractivity contribution is -0.122. The monoisotopic (exact) mass is 357 g/mol. The van der Waals surface area contributed by atoms with E-state index in [4.69, 9.17) is 5.73 Å². The molecule has 1 aliphatic carbocycles. The Morgan fingerprint density at radius 2 is 1.86 bits per heavy atom. The van der Waals surface area contributed by atoms with Crippen molar-refractivity contribution in [1.29, 1.82) is 0 Å². The lowest BCUT2D eigenvalue weighted by atomic mass is 9.94. The first-order valence-corrected chi connectivity index (χ1v) is 8.63. The van der Waals surface area contributed by atoms with Crippen molar-refractivity contribution in [3.8, 4) is 0 Å². The van der Waals surface area contributed by atoms with E-state index in [0.717, 1.165) is 6.54 Å². The second-order valence-electron chi connectivity index (χ2n) is 5.99. The highest BCUT2D eigenvalue weighted by Crippen LogP contribution is 2.36. The fourth-order valence-corrected chi connectivity index (χ4v) is 4.21. The number of halogens is 2. The average Bonchev–Trinajstić information content (AvgIpc) is 2.87. The number of nitrogens with two attached hydrogens (primary N) is 1. The minimum absolute atomic E-state index is 0. The molecule has 0 spiro atoms. The zero-order valence-corrected chi connectivity index (χ0v) is 15.3. The van der Waals surface area contributed by atoms with Gasteiger partial charge in [0.2, 0.25) is 5.91 Å². The van der Waals surface area contributed by atoms with Crippen molar-refractivity contribution in [3.05, 3.63) is 0 Å². The largest absolute Gasteiger partial charge is 0.354 e. The average molecular weight is 358 g/mol. The molecule has 1 aliphatic heterocycles. The number of rotatable bonds is 5. The van der Waals surface area contributed by atoms with Crippen molar-refractivity contribution in [2.24, 2.45) is 5.73 Å². The molecule has 1 atom stereocenters. The molecule has 0 radical (unpaired) electrons. The molecule has 0 aromatic rings. The maximum atomic E-state index is 11.8. The molecule has 0 bridgehead atoms. The number of hydrogen-bond acceptors (Lipinski definition) is 4. The van der Waals surface area contributed by atoms with Gasteiger partial charge in [-0.25, -0.2) is 0 Å². The van der Waals surface area contributed by atoms with Gasteiger partial charge in [0, 0.05) is 49.1 Å². The van der Waals surface area contributed by atoms with E-state index in [1.807, 2.05) is 18.7 Å². The molecular weight excluding hydrogens is 329 g/mol. The first kappa shape index (κ1) is 21.3. The van der Waals surface area contributed by atoms with E-state index in [9.17, 15) is 4.79 Å². The van der Waals surface area contributed by atoms with Gasteiger partial charge in [-0.3, -0.25) is 9.69 Å². The summed E-state index contributed by atoms with van der Waals surface area (Å²) < 4.78 is 0. The van der Waals surface area contributed by atoms with Crippen LogP contribution in [0.4, 0.5) is 0 Å². The third-order valence-electron chi connectivity index (χ3n) is 4.34. The Kier molecular flexibility index (Phi) is 10.3. The van der Waals surface area contributed by atoms with Gasteiger partial charge in [0.05, 0.1) is 0 Å². The number of nitrogens with zero attached hydrogens (tertiary/aromatic N) is 1. The molecule has 1 saturated carbocycles. The van der Waals surface area contributed by atoms with Crippen molar-refractivity contribution >= 4 is 42.5 Å². The number of hydrogen-bond donors (Lipinski definition) is 2. The van der Waals surface area contributed by atoms with Crippen LogP contribution in [0, 0.1) is 0 Å². The third kappa shape index (κ3) is 6.14. The first-order valence-electron chi connectivity index (χ1n) is 7.47. The molecule has 7 heteroatoms. The summed E-state index contributed by atoms with van der Waals surface area (Å²) in [7, 11) is 0. The zero-order valence-electron chi connectivity index (χ0n) is 12.8. The van der Waals surface area contributed by atoms with Gasteiger partial charge in [0.15, 0.2) is 0 Å². The normalized spacial score (nSPS) is 22.8. The van der Waals surface area contributed by atoms with Gasteiger partial charge >= 0.3 is 0 Å². The summed E-state index contributed by atoms with van der Waals surface area (Å²) in [6.07, 6.45) is 5.50. The minimum Gasteiger partial charge on any atom is -0.354 e. The first-order chi connectivity index (χ1) is 9.12. The van der Waals surface area contributed by atoms with E-state index in [-0.39, 0.29) is 42.3 Å². The van der Waals surface area contributed by atoms with Crippen molar-refractivity contribution in [2.75, 3.05) is 31.1 Å². The van der Waals surface area contributed by atoms with Crippen LogP contribution in [0.15, 0.2) is 0 Å². The van der Waals surface area contributed by atoms with Gasteiger partial charge in [-0.1, -0.05) is 12.8 Å². The molecule has 2 fully saturated rings. The van der Waals surface area contributed by atoms with Crippen LogP contribution in [0.25, 0.3) is 0 Å². The Morgan fingerprint density at radius 1 is 1.29 bits per heavy atom. The highest BCUT2D eigenvalue weighted by Gasteiger charge is 2.40. The predicted octanol–water partition coefficient (Wildman–Crippen LogP) is 2.05. The van der Waals surface area contributed by atoms with Gasteiger partial charge < -0.3 is 11.1 Å². The van der Waals surface area contributed by atoms with Crippen LogP contribution in [-0.4, -0.2) is 53.5 Å². The molecule has 1 heterocycles. The second kappa shape index (κ2) is 10.2. The SMILES string of the molecule is CC(N)CC(=O)NCC1(N2CCSCC2)CCCC1.Cl.Cl. The molecular formula is C14H29Cl2N3OS. The van der Waals surface area contributed by atoms with E-state index in [2.05, 4.69) is 10.2 Å². The van der Waals surface area contributed by atoms with Crippen LogP contribution in [0.3, 0.4) is 0 Å². The molecule has 4 nitrogen and oxygen atoms in total. The van der Waals surface area contributed by atoms with Crippen molar-refractivity contribution in [1.82, 2.24) is 10.2 Å². The summed E-state index contributed by atoms with van der Waals surface area (Å²) in [6, 6.07) is -0.0501. The summed E-state index contributed by atoms with van der Waals surface area (Å²) in [4.78, 5) is 14.4. The van der Waals surface area contributed by atoms with Crippen LogP contribution < -0.4 is 11.1 Å². The molecule has 0 aromatic carbocycles. The van der Waals surface area contributed by atoms with Crippen LogP contribution >= 0.6 is 36.6 Å². The topological polar surface area (TPSA) is 58.4 Å². The highest BCUT2D eigenvalue weighted by atomic mass is 35.5. The number of carbonyl (C=O) groups is 1. The lowest BCUT2D eigenvalue weighted by Gasteiger charge is -2.43. The van der Waals surface area contributed by atoms with E-state index in [0.29, 0.717) is 6.42 Å².